The minimum absolute atomic E-state index is 0.368. The average molecular weight is 241 g/mol. The van der Waals surface area contributed by atoms with E-state index in [-0.39, 0.29) is 5.82 Å². The molecule has 1 unspecified atom stereocenters. The minimum Gasteiger partial charge on any atom is -0.480 e. The molecule has 1 aromatic carbocycles. The van der Waals surface area contributed by atoms with Crippen molar-refractivity contribution in [3.05, 3.63) is 35.1 Å². The number of rotatable bonds is 6. The van der Waals surface area contributed by atoms with Crippen molar-refractivity contribution in [2.75, 3.05) is 20.3 Å². The Bertz CT molecular complexity index is 395. The van der Waals surface area contributed by atoms with Crippen LogP contribution in [0, 0.1) is 12.7 Å². The summed E-state index contributed by atoms with van der Waals surface area (Å²) in [6, 6.07) is 3.23. The maximum Gasteiger partial charge on any atom is 0.325 e. The number of hydrogen-bond acceptors (Lipinski definition) is 3. The lowest BCUT2D eigenvalue weighted by Gasteiger charge is -2.16. The summed E-state index contributed by atoms with van der Waals surface area (Å²) < 4.78 is 17.8. The smallest absolute Gasteiger partial charge is 0.325 e. The van der Waals surface area contributed by atoms with Gasteiger partial charge in [-0.25, -0.2) is 4.39 Å². The van der Waals surface area contributed by atoms with Crippen molar-refractivity contribution in [1.82, 2.24) is 5.32 Å². The molecule has 0 bridgehead atoms. The third-order valence-corrected chi connectivity index (χ3v) is 2.44. The Balaban J connectivity index is 2.86. The van der Waals surface area contributed by atoms with Crippen LogP contribution in [0.15, 0.2) is 18.2 Å². The van der Waals surface area contributed by atoms with E-state index >= 15 is 0 Å². The fourth-order valence-corrected chi connectivity index (χ4v) is 1.60. The summed E-state index contributed by atoms with van der Waals surface area (Å²) in [5.74, 6) is -1.36. The van der Waals surface area contributed by atoms with Crippen LogP contribution < -0.4 is 5.32 Å². The highest BCUT2D eigenvalue weighted by atomic mass is 19.1. The molecule has 0 spiro atoms. The molecule has 0 radical (unpaired) electrons. The van der Waals surface area contributed by atoms with E-state index in [2.05, 4.69) is 5.32 Å². The molecule has 0 saturated carbocycles. The highest BCUT2D eigenvalue weighted by Gasteiger charge is 2.20. The van der Waals surface area contributed by atoms with Gasteiger partial charge in [-0.15, -0.1) is 0 Å². The lowest BCUT2D eigenvalue weighted by molar-refractivity contribution is -0.139. The third-order valence-electron chi connectivity index (χ3n) is 2.44. The Morgan fingerprint density at radius 3 is 2.82 bits per heavy atom. The zero-order chi connectivity index (χ0) is 12.8. The van der Waals surface area contributed by atoms with Crippen LogP contribution in [0.5, 0.6) is 0 Å². The largest absolute Gasteiger partial charge is 0.480 e. The Labute approximate surface area is 99.4 Å². The van der Waals surface area contributed by atoms with Crippen LogP contribution >= 0.6 is 0 Å². The van der Waals surface area contributed by atoms with Gasteiger partial charge in [-0.2, -0.15) is 0 Å². The quantitative estimate of drug-likeness (QED) is 0.741. The topological polar surface area (TPSA) is 58.6 Å². The minimum atomic E-state index is -0.990. The number of carboxylic acids is 1. The number of hydrogen-bond donors (Lipinski definition) is 2. The number of ether oxygens (including phenoxy) is 1. The Morgan fingerprint density at radius 1 is 1.59 bits per heavy atom. The Morgan fingerprint density at radius 2 is 2.29 bits per heavy atom. The third kappa shape index (κ3) is 3.80. The number of halogens is 1. The van der Waals surface area contributed by atoms with E-state index in [1.165, 1.54) is 18.2 Å². The summed E-state index contributed by atoms with van der Waals surface area (Å²) in [5.41, 5.74) is 1.18. The molecule has 0 aliphatic rings. The molecule has 0 heterocycles. The average Bonchev–Trinajstić information content (AvgIpc) is 2.25. The van der Waals surface area contributed by atoms with Crippen LogP contribution in [0.1, 0.15) is 17.2 Å². The van der Waals surface area contributed by atoms with Gasteiger partial charge in [0, 0.05) is 13.7 Å². The van der Waals surface area contributed by atoms with Crippen LogP contribution in [-0.2, 0) is 9.53 Å². The van der Waals surface area contributed by atoms with E-state index in [0.29, 0.717) is 24.3 Å². The van der Waals surface area contributed by atoms with Crippen LogP contribution in [0.25, 0.3) is 0 Å². The molecular weight excluding hydrogens is 225 g/mol. The summed E-state index contributed by atoms with van der Waals surface area (Å²) >= 11 is 0. The lowest BCUT2D eigenvalue weighted by atomic mass is 10.0. The van der Waals surface area contributed by atoms with Crippen molar-refractivity contribution in [3.8, 4) is 0 Å². The molecule has 0 fully saturated rings. The van der Waals surface area contributed by atoms with Gasteiger partial charge in [0.05, 0.1) is 6.61 Å². The van der Waals surface area contributed by atoms with Gasteiger partial charge in [-0.05, 0) is 30.2 Å². The van der Waals surface area contributed by atoms with E-state index in [9.17, 15) is 9.18 Å². The standard InChI is InChI=1S/C12H16FNO3/c1-8-7-9(13)3-4-10(8)11(12(15)16)14-5-6-17-2/h3-4,7,11,14H,5-6H2,1-2H3,(H,15,16). The second kappa shape index (κ2) is 6.32. The molecule has 0 saturated heterocycles. The molecule has 4 nitrogen and oxygen atoms in total. The summed E-state index contributed by atoms with van der Waals surface area (Å²) in [7, 11) is 1.54. The van der Waals surface area contributed by atoms with E-state index in [1.807, 2.05) is 0 Å². The summed E-state index contributed by atoms with van der Waals surface area (Å²) in [6.07, 6.45) is 0. The molecule has 0 aliphatic heterocycles. The number of carboxylic acid groups (broad SMARTS) is 1. The first-order valence-corrected chi connectivity index (χ1v) is 5.27. The molecule has 1 aromatic rings. The van der Waals surface area contributed by atoms with Gasteiger partial charge in [-0.1, -0.05) is 6.07 Å². The molecule has 2 N–H and O–H groups in total. The Kier molecular flexibility index (Phi) is 5.06. The molecule has 0 aromatic heterocycles. The van der Waals surface area contributed by atoms with Gasteiger partial charge >= 0.3 is 5.97 Å². The van der Waals surface area contributed by atoms with Crippen molar-refractivity contribution in [1.29, 1.82) is 0 Å². The predicted molar refractivity (Wildman–Crippen MR) is 61.4 cm³/mol. The SMILES string of the molecule is COCCNC(C(=O)O)c1ccc(F)cc1C. The highest BCUT2D eigenvalue weighted by molar-refractivity contribution is 5.76. The predicted octanol–water partition coefficient (Wildman–Crippen LogP) is 1.50. The van der Waals surface area contributed by atoms with Crippen molar-refractivity contribution in [2.45, 2.75) is 13.0 Å². The fourth-order valence-electron chi connectivity index (χ4n) is 1.60. The highest BCUT2D eigenvalue weighted by Crippen LogP contribution is 2.18. The number of methoxy groups -OCH3 is 1. The molecule has 0 amide bonds. The van der Waals surface area contributed by atoms with Gasteiger partial charge in [0.2, 0.25) is 0 Å². The van der Waals surface area contributed by atoms with Crippen LogP contribution in [0.3, 0.4) is 0 Å². The first-order valence-electron chi connectivity index (χ1n) is 5.27. The zero-order valence-electron chi connectivity index (χ0n) is 9.87. The number of carbonyl (C=O) groups is 1. The van der Waals surface area contributed by atoms with Crippen molar-refractivity contribution < 1.29 is 19.0 Å². The van der Waals surface area contributed by atoms with E-state index in [0.717, 1.165) is 0 Å². The van der Waals surface area contributed by atoms with Crippen LogP contribution in [-0.4, -0.2) is 31.3 Å². The van der Waals surface area contributed by atoms with Gasteiger partial charge in [-0.3, -0.25) is 10.1 Å². The fraction of sp³-hybridized carbons (Fsp3) is 0.417. The summed E-state index contributed by atoms with van der Waals surface area (Å²) in [4.78, 5) is 11.1. The maximum absolute atomic E-state index is 12.9. The molecule has 1 atom stereocenters. The van der Waals surface area contributed by atoms with Gasteiger partial charge in [0.25, 0.3) is 0 Å². The van der Waals surface area contributed by atoms with Crippen LogP contribution in [0.2, 0.25) is 0 Å². The zero-order valence-corrected chi connectivity index (χ0v) is 9.87. The Hall–Kier alpha value is -1.46. The molecule has 1 rings (SSSR count). The summed E-state index contributed by atoms with van der Waals surface area (Å²) in [6.45, 7) is 2.53. The normalized spacial score (nSPS) is 12.4. The van der Waals surface area contributed by atoms with Crippen molar-refractivity contribution in [3.63, 3.8) is 0 Å². The molecule has 94 valence electrons. The summed E-state index contributed by atoms with van der Waals surface area (Å²) in [5, 5.41) is 12.0. The van der Waals surface area contributed by atoms with Crippen molar-refractivity contribution >= 4 is 5.97 Å². The monoisotopic (exact) mass is 241 g/mol. The van der Waals surface area contributed by atoms with Gasteiger partial charge in [0.15, 0.2) is 0 Å². The van der Waals surface area contributed by atoms with E-state index in [1.54, 1.807) is 14.0 Å². The number of aliphatic carboxylic acids is 1. The van der Waals surface area contributed by atoms with Crippen LogP contribution in [0.4, 0.5) is 4.39 Å². The van der Waals surface area contributed by atoms with E-state index < -0.39 is 12.0 Å². The van der Waals surface area contributed by atoms with Gasteiger partial charge < -0.3 is 9.84 Å². The van der Waals surface area contributed by atoms with Crippen molar-refractivity contribution in [2.24, 2.45) is 0 Å². The number of aryl methyl sites for hydroxylation is 1. The maximum atomic E-state index is 12.9. The molecule has 17 heavy (non-hydrogen) atoms. The number of benzene rings is 1. The van der Waals surface area contributed by atoms with E-state index in [4.69, 9.17) is 9.84 Å². The number of nitrogens with one attached hydrogen (secondary N) is 1. The lowest BCUT2D eigenvalue weighted by Crippen LogP contribution is -2.31. The second-order valence-electron chi connectivity index (χ2n) is 3.72. The first-order chi connectivity index (χ1) is 8.06. The first kappa shape index (κ1) is 13.6. The molecule has 0 aliphatic carbocycles. The molecule has 5 heteroatoms. The van der Waals surface area contributed by atoms with Gasteiger partial charge in [0.1, 0.15) is 11.9 Å². The molecular formula is C12H16FNO3. The second-order valence-corrected chi connectivity index (χ2v) is 3.72.